The molecular weight excluding hydrogens is 518 g/mol. The number of halogens is 2. The van der Waals surface area contributed by atoms with E-state index in [4.69, 9.17) is 0 Å². The Kier molecular flexibility index (Phi) is 34.3. The Morgan fingerprint density at radius 1 is 0.458 bits per heavy atom. The topological polar surface area (TPSA) is 166 Å². The van der Waals surface area contributed by atoms with E-state index in [1.165, 1.54) is 24.8 Å². The van der Waals surface area contributed by atoms with Crippen LogP contribution >= 0.6 is 0 Å². The number of rotatable bonds is 0. The maximum absolute atomic E-state index is 3.29. The minimum Gasteiger partial charge on any atom is -1.00 e. The zero-order valence-corrected chi connectivity index (χ0v) is 18.1. The van der Waals surface area contributed by atoms with Gasteiger partial charge in [0, 0.05) is 0 Å². The summed E-state index contributed by atoms with van der Waals surface area (Å²) in [5.41, 5.74) is 0. The number of aromatic amines is 4. The predicted octanol–water partition coefficient (Wildman–Crippen LogP) is -7.58. The van der Waals surface area contributed by atoms with E-state index in [2.05, 4.69) is 86.4 Å². The van der Waals surface area contributed by atoms with Gasteiger partial charge in [-0.15, -0.1) is 45.6 Å². The summed E-state index contributed by atoms with van der Waals surface area (Å²) in [6, 6.07) is 0. The van der Waals surface area contributed by atoms with Gasteiger partial charge in [-0.1, -0.05) is 0 Å². The van der Waals surface area contributed by atoms with Crippen molar-refractivity contribution in [2.75, 3.05) is 0 Å². The molecule has 16 heteroatoms. The van der Waals surface area contributed by atoms with Crippen LogP contribution in [0.5, 0.6) is 0 Å². The molecule has 4 aromatic rings. The van der Waals surface area contributed by atoms with E-state index >= 15 is 0 Å². The van der Waals surface area contributed by atoms with Gasteiger partial charge in [0.1, 0.15) is 0 Å². The summed E-state index contributed by atoms with van der Waals surface area (Å²) in [6.07, 6.45) is 15.9. The zero-order valence-electron chi connectivity index (χ0n) is 11.6. The molecule has 0 saturated heterocycles. The molecule has 0 aliphatic rings. The molecule has 4 N–H and O–H groups in total. The largest absolute Gasteiger partial charge is 2.00 e. The maximum atomic E-state index is 3.29. The normalized spacial score (nSPS) is 6.67. The summed E-state index contributed by atoms with van der Waals surface area (Å²) in [5, 5.41) is 36.1. The number of nitrogens with zero attached hydrogens (tertiary/aromatic N) is 8. The molecule has 4 aromatic heterocycles. The van der Waals surface area contributed by atoms with Crippen molar-refractivity contribution < 1.29 is 77.2 Å². The van der Waals surface area contributed by atoms with E-state index in [-0.39, 0.29) is 77.2 Å². The molecule has 0 amide bonds. The quantitative estimate of drug-likeness (QED) is 0.164. The fraction of sp³-hybridized carbons (Fsp3) is 0. The van der Waals surface area contributed by atoms with Gasteiger partial charge in [-0.2, -0.15) is 0 Å². The SMILES string of the molecule is [Cl-].[Cl-].[Zr+2].[Zr+2].[c-]1c[nH]nn1.[c-]1c[nH]nn1.[c-]1c[nH]nn1.[c-]1c[nH]nn1. The smallest absolute Gasteiger partial charge is 1.00 e. The summed E-state index contributed by atoms with van der Waals surface area (Å²) in [4.78, 5) is 0. The molecule has 0 radical (unpaired) electrons. The van der Waals surface area contributed by atoms with Gasteiger partial charge in [0.15, 0.2) is 0 Å². The first-order valence-electron chi connectivity index (χ1n) is 4.90. The third kappa shape index (κ3) is 23.2. The molecule has 124 valence electrons. The third-order valence-electron chi connectivity index (χ3n) is 1.18. The summed E-state index contributed by atoms with van der Waals surface area (Å²) in [6.45, 7) is 0. The summed E-state index contributed by atoms with van der Waals surface area (Å²) in [5.74, 6) is 0. The average Bonchev–Trinajstić information content (AvgIpc) is 3.40. The summed E-state index contributed by atoms with van der Waals surface area (Å²) < 4.78 is 0. The monoisotopic (exact) mass is 522 g/mol. The van der Waals surface area contributed by atoms with Crippen molar-refractivity contribution in [3.05, 3.63) is 49.6 Å². The van der Waals surface area contributed by atoms with E-state index in [0.717, 1.165) is 0 Å². The predicted molar refractivity (Wildman–Crippen MR) is 60.9 cm³/mol. The Labute approximate surface area is 187 Å². The van der Waals surface area contributed by atoms with Crippen LogP contribution in [0.15, 0.2) is 24.8 Å². The van der Waals surface area contributed by atoms with E-state index in [1.807, 2.05) is 0 Å². The number of H-pyrrole nitrogens is 4. The first-order chi connectivity index (χ1) is 10.0. The first kappa shape index (κ1) is 30.8. The van der Waals surface area contributed by atoms with Crippen molar-refractivity contribution in [1.82, 2.24) is 61.6 Å². The molecule has 0 aromatic carbocycles. The Morgan fingerprint density at radius 3 is 0.708 bits per heavy atom. The number of hydrogen-bond donors (Lipinski definition) is 4. The zero-order chi connectivity index (χ0) is 14.1. The third-order valence-corrected chi connectivity index (χ3v) is 1.18. The van der Waals surface area contributed by atoms with Crippen LogP contribution < -0.4 is 24.8 Å². The fourth-order valence-electron chi connectivity index (χ4n) is 0.577. The Bertz CT molecular complexity index is 370. The second-order valence-electron chi connectivity index (χ2n) is 2.41. The molecule has 24 heavy (non-hydrogen) atoms. The van der Waals surface area contributed by atoms with Gasteiger partial charge in [0.25, 0.3) is 0 Å². The van der Waals surface area contributed by atoms with Gasteiger partial charge >= 0.3 is 52.4 Å². The molecule has 4 heterocycles. The molecule has 0 unspecified atom stereocenters. The van der Waals surface area contributed by atoms with Crippen molar-refractivity contribution >= 4 is 0 Å². The molecule has 0 saturated carbocycles. The van der Waals surface area contributed by atoms with Gasteiger partial charge in [-0.05, 0) is 0 Å². The van der Waals surface area contributed by atoms with Gasteiger partial charge in [0.2, 0.25) is 0 Å². The van der Waals surface area contributed by atoms with E-state index in [1.54, 1.807) is 0 Å². The fourth-order valence-corrected chi connectivity index (χ4v) is 0.577. The van der Waals surface area contributed by atoms with Crippen LogP contribution in [0, 0.1) is 24.8 Å². The van der Waals surface area contributed by atoms with Crippen LogP contribution in [0.25, 0.3) is 0 Å². The Hall–Kier alpha value is -1.09. The van der Waals surface area contributed by atoms with Crippen LogP contribution in [0.2, 0.25) is 0 Å². The Morgan fingerprint density at radius 2 is 0.667 bits per heavy atom. The minimum atomic E-state index is 0. The van der Waals surface area contributed by atoms with Crippen LogP contribution in [0.3, 0.4) is 0 Å². The molecule has 12 nitrogen and oxygen atoms in total. The molecule has 0 bridgehead atoms. The molecule has 0 fully saturated rings. The van der Waals surface area contributed by atoms with Gasteiger partial charge in [0.05, 0.1) is 0 Å². The molecule has 0 atom stereocenters. The molecule has 4 rings (SSSR count). The first-order valence-corrected chi connectivity index (χ1v) is 4.90. The number of nitrogens with one attached hydrogen (secondary N) is 4. The Balaban J connectivity index is -0.000000105. The van der Waals surface area contributed by atoms with E-state index < -0.39 is 0 Å². The van der Waals surface area contributed by atoms with Crippen molar-refractivity contribution in [3.8, 4) is 0 Å². The van der Waals surface area contributed by atoms with Crippen LogP contribution in [0.4, 0.5) is 0 Å². The second-order valence-corrected chi connectivity index (χ2v) is 2.41. The van der Waals surface area contributed by atoms with Crippen molar-refractivity contribution in [1.29, 1.82) is 0 Å². The maximum Gasteiger partial charge on any atom is 2.00 e. The minimum absolute atomic E-state index is 0. The van der Waals surface area contributed by atoms with Crippen molar-refractivity contribution in [3.63, 3.8) is 0 Å². The molecule has 0 aliphatic heterocycles. The standard InChI is InChI=1S/4C2H2N3.2ClH.2Zr/c4*1-2-4-5-3-1;;;;/h4*1H,(H,3,4,5);2*1H;;/q4*-1;;;2*+2/p-2. The summed E-state index contributed by atoms with van der Waals surface area (Å²) >= 11 is 0. The van der Waals surface area contributed by atoms with Crippen molar-refractivity contribution in [2.45, 2.75) is 0 Å². The van der Waals surface area contributed by atoms with Gasteiger partial charge in [-0.3, -0.25) is 0 Å². The van der Waals surface area contributed by atoms with E-state index in [0.29, 0.717) is 0 Å². The van der Waals surface area contributed by atoms with Crippen LogP contribution in [0.1, 0.15) is 0 Å². The second kappa shape index (κ2) is 26.8. The molecule has 0 aliphatic carbocycles. The number of aromatic nitrogens is 12. The number of hydrogen-bond acceptors (Lipinski definition) is 8. The molecule has 0 spiro atoms. The van der Waals surface area contributed by atoms with Crippen LogP contribution in [-0.4, -0.2) is 61.6 Å². The van der Waals surface area contributed by atoms with E-state index in [9.17, 15) is 0 Å². The van der Waals surface area contributed by atoms with Crippen molar-refractivity contribution in [2.24, 2.45) is 0 Å². The average molecular weight is 526 g/mol. The van der Waals surface area contributed by atoms with Gasteiger partial charge < -0.3 is 90.4 Å². The molecular formula is C8H8Cl2N12Zr2-2. The summed E-state index contributed by atoms with van der Waals surface area (Å²) in [7, 11) is 0. The van der Waals surface area contributed by atoms with Gasteiger partial charge in [-0.25, -0.2) is 0 Å². The van der Waals surface area contributed by atoms with Crippen LogP contribution in [-0.2, 0) is 52.4 Å².